The van der Waals surface area contributed by atoms with Crippen LogP contribution in [0, 0.1) is 0 Å². The van der Waals surface area contributed by atoms with Crippen LogP contribution < -0.4 is 14.9 Å². The fourth-order valence-corrected chi connectivity index (χ4v) is 3.30. The molecule has 1 aliphatic rings. The molecule has 0 aromatic heterocycles. The summed E-state index contributed by atoms with van der Waals surface area (Å²) in [7, 11) is -3.31. The van der Waals surface area contributed by atoms with E-state index >= 15 is 0 Å². The molecule has 0 fully saturated rings. The lowest BCUT2D eigenvalue weighted by molar-refractivity contribution is -0.119. The fourth-order valence-electron chi connectivity index (χ4n) is 2.35. The Bertz CT molecular complexity index is 700. The molecule has 0 saturated heterocycles. The monoisotopic (exact) mass is 325 g/mol. The number of fused-ring (bicyclic) bond motifs is 1. The lowest BCUT2D eigenvalue weighted by Crippen LogP contribution is -2.27. The van der Waals surface area contributed by atoms with Crippen LogP contribution in [0.3, 0.4) is 0 Å². The van der Waals surface area contributed by atoms with E-state index in [-0.39, 0.29) is 24.8 Å². The molecule has 0 atom stereocenters. The van der Waals surface area contributed by atoms with Gasteiger partial charge in [-0.1, -0.05) is 6.07 Å². The van der Waals surface area contributed by atoms with Crippen molar-refractivity contribution in [3.05, 3.63) is 23.8 Å². The van der Waals surface area contributed by atoms with Crippen LogP contribution in [0.4, 0.5) is 11.4 Å². The number of anilines is 2. The zero-order valence-electron chi connectivity index (χ0n) is 12.5. The molecule has 120 valence electrons. The molecule has 1 heterocycles. The molecule has 0 saturated carbocycles. The zero-order valence-corrected chi connectivity index (χ0v) is 13.4. The van der Waals surface area contributed by atoms with Crippen molar-refractivity contribution in [2.75, 3.05) is 29.0 Å². The second-order valence-electron chi connectivity index (χ2n) is 5.21. The Morgan fingerprint density at radius 3 is 2.68 bits per heavy atom. The van der Waals surface area contributed by atoms with E-state index in [2.05, 4.69) is 10.6 Å². The minimum Gasteiger partial charge on any atom is -0.356 e. The van der Waals surface area contributed by atoms with E-state index in [1.165, 1.54) is 17.5 Å². The molecule has 2 amide bonds. The van der Waals surface area contributed by atoms with Crippen molar-refractivity contribution in [1.82, 2.24) is 5.32 Å². The quantitative estimate of drug-likeness (QED) is 0.823. The maximum Gasteiger partial charge on any atom is 0.232 e. The average molecular weight is 325 g/mol. The zero-order chi connectivity index (χ0) is 16.3. The molecular weight excluding hydrogens is 306 g/mol. The number of carbonyl (C=O) groups excluding carboxylic acids is 2. The van der Waals surface area contributed by atoms with Crippen molar-refractivity contribution in [2.24, 2.45) is 0 Å². The van der Waals surface area contributed by atoms with Crippen molar-refractivity contribution in [3.63, 3.8) is 0 Å². The summed E-state index contributed by atoms with van der Waals surface area (Å²) in [4.78, 5) is 22.5. The summed E-state index contributed by atoms with van der Waals surface area (Å²) >= 11 is 0. The fraction of sp³-hybridized carbons (Fsp3) is 0.429. The Balaban J connectivity index is 2.05. The standard InChI is InChI=1S/C14H19N3O4S/c1-10(18)15-7-5-14(19)16-12-4-3-11-6-8-17(13(11)9-12)22(2,20)21/h3-4,9H,5-8H2,1-2H3,(H,15,18)(H,16,19). The largest absolute Gasteiger partial charge is 0.356 e. The first kappa shape index (κ1) is 16.3. The molecule has 1 aromatic carbocycles. The number of benzene rings is 1. The van der Waals surface area contributed by atoms with Crippen LogP contribution in [-0.4, -0.2) is 39.6 Å². The number of amides is 2. The highest BCUT2D eigenvalue weighted by atomic mass is 32.2. The summed E-state index contributed by atoms with van der Waals surface area (Å²) in [5.41, 5.74) is 2.10. The molecule has 22 heavy (non-hydrogen) atoms. The van der Waals surface area contributed by atoms with Crippen LogP contribution in [0.25, 0.3) is 0 Å². The first-order chi connectivity index (χ1) is 10.3. The highest BCUT2D eigenvalue weighted by Crippen LogP contribution is 2.32. The van der Waals surface area contributed by atoms with E-state index in [4.69, 9.17) is 0 Å². The number of nitrogens with one attached hydrogen (secondary N) is 2. The Morgan fingerprint density at radius 2 is 2.05 bits per heavy atom. The average Bonchev–Trinajstić information content (AvgIpc) is 2.81. The van der Waals surface area contributed by atoms with E-state index in [9.17, 15) is 18.0 Å². The molecule has 0 aliphatic carbocycles. The maximum absolute atomic E-state index is 11.8. The summed E-state index contributed by atoms with van der Waals surface area (Å²) in [6.07, 6.45) is 1.99. The second kappa shape index (κ2) is 6.35. The molecule has 0 bridgehead atoms. The minimum absolute atomic E-state index is 0.159. The van der Waals surface area contributed by atoms with E-state index in [1.807, 2.05) is 6.07 Å². The van der Waals surface area contributed by atoms with E-state index in [1.54, 1.807) is 12.1 Å². The SMILES string of the molecule is CC(=O)NCCC(=O)Nc1ccc2c(c1)N(S(C)(=O)=O)CC2. The van der Waals surface area contributed by atoms with Gasteiger partial charge in [-0.3, -0.25) is 13.9 Å². The molecule has 1 aromatic rings. The highest BCUT2D eigenvalue weighted by Gasteiger charge is 2.26. The molecule has 0 unspecified atom stereocenters. The van der Waals surface area contributed by atoms with E-state index in [0.717, 1.165) is 5.56 Å². The Labute approximate surface area is 129 Å². The van der Waals surface area contributed by atoms with Crippen molar-refractivity contribution >= 4 is 33.2 Å². The predicted octanol–water partition coefficient (Wildman–Crippen LogP) is 0.473. The summed E-state index contributed by atoms with van der Waals surface area (Å²) in [5, 5.41) is 5.25. The third-order valence-electron chi connectivity index (χ3n) is 3.35. The first-order valence-corrected chi connectivity index (χ1v) is 8.77. The van der Waals surface area contributed by atoms with Crippen molar-refractivity contribution < 1.29 is 18.0 Å². The van der Waals surface area contributed by atoms with Gasteiger partial charge < -0.3 is 10.6 Å². The molecule has 2 N–H and O–H groups in total. The van der Waals surface area contributed by atoms with Gasteiger partial charge in [0.1, 0.15) is 0 Å². The van der Waals surface area contributed by atoms with E-state index in [0.29, 0.717) is 24.3 Å². The number of nitrogens with zero attached hydrogens (tertiary/aromatic N) is 1. The topological polar surface area (TPSA) is 95.6 Å². The van der Waals surface area contributed by atoms with Gasteiger partial charge in [0.2, 0.25) is 21.8 Å². The lowest BCUT2D eigenvalue weighted by Gasteiger charge is -2.17. The molecule has 0 radical (unpaired) electrons. The highest BCUT2D eigenvalue weighted by molar-refractivity contribution is 7.92. The lowest BCUT2D eigenvalue weighted by atomic mass is 10.1. The number of hydrogen-bond donors (Lipinski definition) is 2. The van der Waals surface area contributed by atoms with Crippen LogP contribution in [-0.2, 0) is 26.0 Å². The molecule has 7 nitrogen and oxygen atoms in total. The summed E-state index contributed by atoms with van der Waals surface area (Å²) in [5.74, 6) is -0.424. The normalized spacial score (nSPS) is 13.6. The molecule has 2 rings (SSSR count). The van der Waals surface area contributed by atoms with Crippen LogP contribution in [0.15, 0.2) is 18.2 Å². The van der Waals surface area contributed by atoms with Gasteiger partial charge in [0.15, 0.2) is 0 Å². The van der Waals surface area contributed by atoms with Gasteiger partial charge in [-0.2, -0.15) is 0 Å². The Kier molecular flexibility index (Phi) is 4.70. The van der Waals surface area contributed by atoms with Gasteiger partial charge in [-0.25, -0.2) is 8.42 Å². The molecular formula is C14H19N3O4S. The predicted molar refractivity (Wildman–Crippen MR) is 84.3 cm³/mol. The molecule has 8 heteroatoms. The third kappa shape index (κ3) is 3.97. The van der Waals surface area contributed by atoms with Gasteiger partial charge >= 0.3 is 0 Å². The van der Waals surface area contributed by atoms with Gasteiger partial charge in [0, 0.05) is 32.1 Å². The Morgan fingerprint density at radius 1 is 1.32 bits per heavy atom. The number of rotatable bonds is 5. The smallest absolute Gasteiger partial charge is 0.232 e. The number of hydrogen-bond acceptors (Lipinski definition) is 4. The van der Waals surface area contributed by atoms with Gasteiger partial charge in [0.25, 0.3) is 0 Å². The van der Waals surface area contributed by atoms with Gasteiger partial charge in [0.05, 0.1) is 11.9 Å². The van der Waals surface area contributed by atoms with Gasteiger partial charge in [-0.15, -0.1) is 0 Å². The number of carbonyl (C=O) groups is 2. The van der Waals surface area contributed by atoms with Crippen molar-refractivity contribution in [1.29, 1.82) is 0 Å². The summed E-state index contributed by atoms with van der Waals surface area (Å²) < 4.78 is 24.8. The van der Waals surface area contributed by atoms with E-state index < -0.39 is 10.0 Å². The summed E-state index contributed by atoms with van der Waals surface area (Å²) in [6.45, 7) is 2.08. The maximum atomic E-state index is 11.8. The van der Waals surface area contributed by atoms with Crippen LogP contribution >= 0.6 is 0 Å². The molecule has 0 spiro atoms. The van der Waals surface area contributed by atoms with Crippen molar-refractivity contribution in [3.8, 4) is 0 Å². The molecule has 1 aliphatic heterocycles. The second-order valence-corrected chi connectivity index (χ2v) is 7.12. The summed E-state index contributed by atoms with van der Waals surface area (Å²) in [6, 6.07) is 5.24. The third-order valence-corrected chi connectivity index (χ3v) is 4.53. The number of sulfonamides is 1. The van der Waals surface area contributed by atoms with Crippen molar-refractivity contribution in [2.45, 2.75) is 19.8 Å². The Hall–Kier alpha value is -2.09. The minimum atomic E-state index is -3.31. The van der Waals surface area contributed by atoms with Gasteiger partial charge in [-0.05, 0) is 24.1 Å². The van der Waals surface area contributed by atoms with Crippen LogP contribution in [0.1, 0.15) is 18.9 Å². The van der Waals surface area contributed by atoms with Crippen LogP contribution in [0.2, 0.25) is 0 Å². The first-order valence-electron chi connectivity index (χ1n) is 6.92. The van der Waals surface area contributed by atoms with Crippen LogP contribution in [0.5, 0.6) is 0 Å².